The minimum atomic E-state index is -0.527. The summed E-state index contributed by atoms with van der Waals surface area (Å²) in [5, 5.41) is 3.88. The SMILES string of the molecule is CCc1ncnc(OC2CCN(C(=O)c3cc(C4CC4)on3)C2)c1F. The van der Waals surface area contributed by atoms with Gasteiger partial charge in [0.15, 0.2) is 5.69 Å². The molecule has 0 radical (unpaired) electrons. The third-order valence-electron chi connectivity index (χ3n) is 4.60. The molecule has 1 aliphatic heterocycles. The number of ether oxygens (including phenoxy) is 1. The Balaban J connectivity index is 1.40. The van der Waals surface area contributed by atoms with Gasteiger partial charge in [0.1, 0.15) is 18.2 Å². The largest absolute Gasteiger partial charge is 0.470 e. The first kappa shape index (κ1) is 16.0. The molecule has 132 valence electrons. The molecule has 25 heavy (non-hydrogen) atoms. The molecular weight excluding hydrogens is 327 g/mol. The number of aromatic nitrogens is 3. The van der Waals surface area contributed by atoms with Gasteiger partial charge in [0.25, 0.3) is 11.8 Å². The minimum absolute atomic E-state index is 0.0522. The quantitative estimate of drug-likeness (QED) is 0.826. The Hall–Kier alpha value is -2.51. The summed E-state index contributed by atoms with van der Waals surface area (Å²) in [6, 6.07) is 1.73. The van der Waals surface area contributed by atoms with E-state index in [2.05, 4.69) is 15.1 Å². The van der Waals surface area contributed by atoms with Crippen molar-refractivity contribution in [2.75, 3.05) is 13.1 Å². The van der Waals surface area contributed by atoms with Gasteiger partial charge < -0.3 is 14.2 Å². The van der Waals surface area contributed by atoms with Crippen LogP contribution in [-0.4, -0.2) is 45.1 Å². The summed E-state index contributed by atoms with van der Waals surface area (Å²) in [5.74, 6) is 0.436. The number of carbonyl (C=O) groups is 1. The Kier molecular flexibility index (Phi) is 4.10. The maximum Gasteiger partial charge on any atom is 0.276 e. The summed E-state index contributed by atoms with van der Waals surface area (Å²) < 4.78 is 25.1. The monoisotopic (exact) mass is 346 g/mol. The van der Waals surface area contributed by atoms with Crippen molar-refractivity contribution < 1.29 is 18.4 Å². The highest BCUT2D eigenvalue weighted by atomic mass is 19.1. The topological polar surface area (TPSA) is 81.4 Å². The molecule has 1 amide bonds. The normalized spacial score (nSPS) is 20.1. The minimum Gasteiger partial charge on any atom is -0.470 e. The maximum absolute atomic E-state index is 14.2. The fraction of sp³-hybridized carbons (Fsp3) is 0.529. The summed E-state index contributed by atoms with van der Waals surface area (Å²) in [6.45, 7) is 2.72. The van der Waals surface area contributed by atoms with Gasteiger partial charge in [-0.1, -0.05) is 12.1 Å². The van der Waals surface area contributed by atoms with Crippen LogP contribution in [0.4, 0.5) is 4.39 Å². The molecule has 0 aromatic carbocycles. The predicted molar refractivity (Wildman–Crippen MR) is 84.8 cm³/mol. The lowest BCUT2D eigenvalue weighted by Crippen LogP contribution is -2.31. The zero-order valence-corrected chi connectivity index (χ0v) is 13.9. The van der Waals surface area contributed by atoms with E-state index in [0.717, 1.165) is 18.6 Å². The van der Waals surface area contributed by atoms with Gasteiger partial charge in [0.2, 0.25) is 5.82 Å². The van der Waals surface area contributed by atoms with Gasteiger partial charge >= 0.3 is 0 Å². The van der Waals surface area contributed by atoms with E-state index in [-0.39, 0.29) is 17.9 Å². The highest BCUT2D eigenvalue weighted by Crippen LogP contribution is 2.40. The van der Waals surface area contributed by atoms with Crippen molar-refractivity contribution in [1.82, 2.24) is 20.0 Å². The van der Waals surface area contributed by atoms with Crippen LogP contribution in [0, 0.1) is 5.82 Å². The van der Waals surface area contributed by atoms with Gasteiger partial charge in [0, 0.05) is 24.9 Å². The summed E-state index contributed by atoms with van der Waals surface area (Å²) in [6.07, 6.45) is 4.26. The zero-order valence-electron chi connectivity index (χ0n) is 13.9. The summed E-state index contributed by atoms with van der Waals surface area (Å²) in [5.41, 5.74) is 0.648. The van der Waals surface area contributed by atoms with Gasteiger partial charge in [-0.15, -0.1) is 0 Å². The average molecular weight is 346 g/mol. The highest BCUT2D eigenvalue weighted by Gasteiger charge is 2.33. The zero-order chi connectivity index (χ0) is 17.4. The van der Waals surface area contributed by atoms with Crippen molar-refractivity contribution in [2.24, 2.45) is 0 Å². The van der Waals surface area contributed by atoms with E-state index in [1.54, 1.807) is 11.0 Å². The summed E-state index contributed by atoms with van der Waals surface area (Å²) in [7, 11) is 0. The highest BCUT2D eigenvalue weighted by molar-refractivity contribution is 5.92. The van der Waals surface area contributed by atoms with Crippen molar-refractivity contribution in [3.63, 3.8) is 0 Å². The molecule has 0 bridgehead atoms. The number of halogens is 1. The molecule has 1 saturated carbocycles. The third kappa shape index (κ3) is 3.20. The van der Waals surface area contributed by atoms with Gasteiger partial charge in [-0.3, -0.25) is 4.79 Å². The molecule has 8 heteroatoms. The van der Waals surface area contributed by atoms with Crippen LogP contribution < -0.4 is 4.74 Å². The number of nitrogens with zero attached hydrogens (tertiary/aromatic N) is 4. The second-order valence-corrected chi connectivity index (χ2v) is 6.46. The summed E-state index contributed by atoms with van der Waals surface area (Å²) in [4.78, 5) is 21.9. The van der Waals surface area contributed by atoms with E-state index in [1.165, 1.54) is 6.33 Å². The first-order valence-electron chi connectivity index (χ1n) is 8.57. The average Bonchev–Trinajstić information content (AvgIpc) is 3.17. The number of likely N-dealkylation sites (tertiary alicyclic amines) is 1. The molecule has 3 heterocycles. The van der Waals surface area contributed by atoms with Crippen LogP contribution >= 0.6 is 0 Å². The van der Waals surface area contributed by atoms with Gasteiger partial charge in [-0.2, -0.15) is 9.37 Å². The van der Waals surface area contributed by atoms with E-state index < -0.39 is 5.82 Å². The van der Waals surface area contributed by atoms with E-state index in [9.17, 15) is 9.18 Å². The summed E-state index contributed by atoms with van der Waals surface area (Å²) >= 11 is 0. The number of hydrogen-bond acceptors (Lipinski definition) is 6. The van der Waals surface area contributed by atoms with Crippen LogP contribution in [0.1, 0.15) is 54.0 Å². The lowest BCUT2D eigenvalue weighted by atomic mass is 10.2. The molecule has 0 spiro atoms. The van der Waals surface area contributed by atoms with Crippen LogP contribution in [0.15, 0.2) is 16.9 Å². The molecule has 2 aliphatic rings. The van der Waals surface area contributed by atoms with Gasteiger partial charge in [-0.05, 0) is 19.3 Å². The molecule has 2 fully saturated rings. The van der Waals surface area contributed by atoms with Crippen LogP contribution in [0.5, 0.6) is 5.88 Å². The number of aryl methyl sites for hydroxylation is 1. The van der Waals surface area contributed by atoms with Gasteiger partial charge in [-0.25, -0.2) is 4.98 Å². The standard InChI is InChI=1S/C17H19FN4O3/c1-2-12-15(18)16(20-9-19-12)24-11-5-6-22(8-11)17(23)13-7-14(25-21-13)10-3-4-10/h7,9-11H,2-6,8H2,1H3. The predicted octanol–water partition coefficient (Wildman–Crippen LogP) is 2.34. The second-order valence-electron chi connectivity index (χ2n) is 6.46. The maximum atomic E-state index is 14.2. The lowest BCUT2D eigenvalue weighted by molar-refractivity contribution is 0.0759. The van der Waals surface area contributed by atoms with E-state index in [0.29, 0.717) is 43.2 Å². The smallest absolute Gasteiger partial charge is 0.276 e. The van der Waals surface area contributed by atoms with Crippen molar-refractivity contribution in [2.45, 2.75) is 44.6 Å². The fourth-order valence-electron chi connectivity index (χ4n) is 3.00. The fourth-order valence-corrected chi connectivity index (χ4v) is 3.00. The van der Waals surface area contributed by atoms with Crippen LogP contribution in [-0.2, 0) is 6.42 Å². The molecule has 1 aliphatic carbocycles. The van der Waals surface area contributed by atoms with Gasteiger partial charge in [0.05, 0.1) is 12.2 Å². The number of carbonyl (C=O) groups excluding carboxylic acids is 1. The van der Waals surface area contributed by atoms with Crippen molar-refractivity contribution >= 4 is 5.91 Å². The Bertz CT molecular complexity index is 790. The molecular formula is C17H19FN4O3. The Labute approximate surface area is 144 Å². The molecule has 2 aromatic rings. The van der Waals surface area contributed by atoms with Crippen LogP contribution in [0.3, 0.4) is 0 Å². The Morgan fingerprint density at radius 2 is 2.24 bits per heavy atom. The van der Waals surface area contributed by atoms with Crippen molar-refractivity contribution in [1.29, 1.82) is 0 Å². The molecule has 1 unspecified atom stereocenters. The first-order valence-corrected chi connectivity index (χ1v) is 8.57. The van der Waals surface area contributed by atoms with Crippen molar-refractivity contribution in [3.8, 4) is 5.88 Å². The molecule has 1 atom stereocenters. The Morgan fingerprint density at radius 1 is 1.40 bits per heavy atom. The number of amides is 1. The molecule has 1 saturated heterocycles. The Morgan fingerprint density at radius 3 is 3.00 bits per heavy atom. The lowest BCUT2D eigenvalue weighted by Gasteiger charge is -2.16. The van der Waals surface area contributed by atoms with Crippen LogP contribution in [0.25, 0.3) is 0 Å². The third-order valence-corrected chi connectivity index (χ3v) is 4.60. The molecule has 4 rings (SSSR count). The molecule has 0 N–H and O–H groups in total. The van der Waals surface area contributed by atoms with Crippen molar-refractivity contribution in [3.05, 3.63) is 35.4 Å². The molecule has 7 nitrogen and oxygen atoms in total. The number of hydrogen-bond donors (Lipinski definition) is 0. The van der Waals surface area contributed by atoms with E-state index in [4.69, 9.17) is 9.26 Å². The van der Waals surface area contributed by atoms with E-state index >= 15 is 0 Å². The second kappa shape index (κ2) is 6.42. The molecule has 2 aromatic heterocycles. The van der Waals surface area contributed by atoms with Crippen LogP contribution in [0.2, 0.25) is 0 Å². The van der Waals surface area contributed by atoms with E-state index in [1.807, 2.05) is 6.92 Å². The first-order chi connectivity index (χ1) is 12.2. The number of rotatable bonds is 5.